The fourth-order valence-electron chi connectivity index (χ4n) is 1.36. The average molecular weight is 208 g/mol. The summed E-state index contributed by atoms with van der Waals surface area (Å²) in [5.74, 6) is -0.474. The van der Waals surface area contributed by atoms with Gasteiger partial charge in [0.2, 0.25) is 0 Å². The van der Waals surface area contributed by atoms with Crippen LogP contribution in [0, 0.1) is 13.8 Å². The highest BCUT2D eigenvalue weighted by atomic mass is 16.5. The van der Waals surface area contributed by atoms with Crippen LogP contribution in [-0.4, -0.2) is 30.2 Å². The van der Waals surface area contributed by atoms with Crippen molar-refractivity contribution in [2.24, 2.45) is 0 Å². The molecule has 0 aliphatic rings. The topological polar surface area (TPSA) is 66.8 Å². The summed E-state index contributed by atoms with van der Waals surface area (Å²) >= 11 is 0. The van der Waals surface area contributed by atoms with Crippen molar-refractivity contribution in [3.63, 3.8) is 0 Å². The van der Waals surface area contributed by atoms with Gasteiger partial charge in [0.05, 0.1) is 12.7 Å². The lowest BCUT2D eigenvalue weighted by Gasteiger charge is -2.09. The molecule has 1 aromatic rings. The summed E-state index contributed by atoms with van der Waals surface area (Å²) in [7, 11) is -0.285. The minimum Gasteiger partial charge on any atom is -0.465 e. The van der Waals surface area contributed by atoms with E-state index in [1.165, 1.54) is 13.2 Å². The Hall–Kier alpha value is -1.33. The lowest BCUT2D eigenvalue weighted by atomic mass is 9.77. The van der Waals surface area contributed by atoms with Gasteiger partial charge in [-0.05, 0) is 36.5 Å². The SMILES string of the molecule is COC(=O)c1cc(B(O)O)cc(C)c1C. The molecule has 0 amide bonds. The van der Waals surface area contributed by atoms with E-state index in [2.05, 4.69) is 4.74 Å². The number of carbonyl (C=O) groups is 1. The Balaban J connectivity index is 3.31. The Morgan fingerprint density at radius 1 is 1.33 bits per heavy atom. The van der Waals surface area contributed by atoms with E-state index in [1.807, 2.05) is 0 Å². The van der Waals surface area contributed by atoms with E-state index >= 15 is 0 Å². The predicted octanol–water partition coefficient (Wildman–Crippen LogP) is -0.230. The van der Waals surface area contributed by atoms with Crippen molar-refractivity contribution >= 4 is 18.6 Å². The Bertz CT molecular complexity index is 387. The second kappa shape index (κ2) is 4.46. The zero-order valence-electron chi connectivity index (χ0n) is 8.94. The molecule has 0 spiro atoms. The van der Waals surface area contributed by atoms with Crippen molar-refractivity contribution < 1.29 is 19.6 Å². The Morgan fingerprint density at radius 3 is 2.40 bits per heavy atom. The molecule has 0 radical (unpaired) electrons. The van der Waals surface area contributed by atoms with E-state index in [0.717, 1.165) is 11.1 Å². The molecule has 4 nitrogen and oxygen atoms in total. The fourth-order valence-corrected chi connectivity index (χ4v) is 1.36. The van der Waals surface area contributed by atoms with Gasteiger partial charge in [0, 0.05) is 0 Å². The molecule has 2 N–H and O–H groups in total. The van der Waals surface area contributed by atoms with Crippen molar-refractivity contribution in [3.05, 3.63) is 28.8 Å². The molecule has 15 heavy (non-hydrogen) atoms. The standard InChI is InChI=1S/C10H13BO4/c1-6-4-8(11(13)14)5-9(7(6)2)10(12)15-3/h4-5,13-14H,1-3H3. The summed E-state index contributed by atoms with van der Waals surface area (Å²) in [4.78, 5) is 11.4. The van der Waals surface area contributed by atoms with Crippen molar-refractivity contribution in [1.29, 1.82) is 0 Å². The van der Waals surface area contributed by atoms with Gasteiger partial charge >= 0.3 is 13.1 Å². The number of esters is 1. The molecule has 0 bridgehead atoms. The van der Waals surface area contributed by atoms with Gasteiger partial charge < -0.3 is 14.8 Å². The molecular formula is C10H13BO4. The quantitative estimate of drug-likeness (QED) is 0.520. The van der Waals surface area contributed by atoms with Crippen LogP contribution in [0.3, 0.4) is 0 Å². The molecule has 0 aliphatic carbocycles. The van der Waals surface area contributed by atoms with Crippen LogP contribution in [0.15, 0.2) is 12.1 Å². The molecule has 0 aromatic heterocycles. The van der Waals surface area contributed by atoms with Gasteiger partial charge in [0.15, 0.2) is 0 Å². The van der Waals surface area contributed by atoms with Crippen molar-refractivity contribution in [2.45, 2.75) is 13.8 Å². The molecule has 1 rings (SSSR count). The van der Waals surface area contributed by atoms with Crippen LogP contribution < -0.4 is 5.46 Å². The lowest BCUT2D eigenvalue weighted by Crippen LogP contribution is -2.31. The zero-order valence-corrected chi connectivity index (χ0v) is 8.94. The summed E-state index contributed by atoms with van der Waals surface area (Å²) in [5.41, 5.74) is 2.26. The molecule has 0 saturated carbocycles. The molecule has 0 saturated heterocycles. The molecule has 0 fully saturated rings. The van der Waals surface area contributed by atoms with Gasteiger partial charge in [-0.15, -0.1) is 0 Å². The van der Waals surface area contributed by atoms with Crippen LogP contribution in [0.2, 0.25) is 0 Å². The second-order valence-corrected chi connectivity index (χ2v) is 3.38. The molecule has 0 aliphatic heterocycles. The van der Waals surface area contributed by atoms with Crippen molar-refractivity contribution in [2.75, 3.05) is 7.11 Å². The van der Waals surface area contributed by atoms with E-state index in [-0.39, 0.29) is 0 Å². The maximum absolute atomic E-state index is 11.4. The maximum Gasteiger partial charge on any atom is 0.488 e. The number of carbonyl (C=O) groups excluding carboxylic acids is 1. The van der Waals surface area contributed by atoms with E-state index in [9.17, 15) is 4.79 Å². The van der Waals surface area contributed by atoms with Crippen molar-refractivity contribution in [1.82, 2.24) is 0 Å². The minimum absolute atomic E-state index is 0.290. The van der Waals surface area contributed by atoms with Crippen LogP contribution in [0.25, 0.3) is 0 Å². The number of methoxy groups -OCH3 is 1. The summed E-state index contributed by atoms with van der Waals surface area (Å²) in [6.07, 6.45) is 0. The number of benzene rings is 1. The highest BCUT2D eigenvalue weighted by Crippen LogP contribution is 2.12. The Labute approximate surface area is 88.6 Å². The van der Waals surface area contributed by atoms with Gasteiger partial charge in [-0.25, -0.2) is 4.79 Å². The highest BCUT2D eigenvalue weighted by Gasteiger charge is 2.17. The van der Waals surface area contributed by atoms with Gasteiger partial charge in [-0.2, -0.15) is 0 Å². The van der Waals surface area contributed by atoms with Gasteiger partial charge in [0.1, 0.15) is 0 Å². The number of ether oxygens (including phenoxy) is 1. The van der Waals surface area contributed by atoms with Crippen LogP contribution in [-0.2, 0) is 4.74 Å². The third-order valence-corrected chi connectivity index (χ3v) is 2.39. The summed E-state index contributed by atoms with van der Waals surface area (Å²) < 4.78 is 4.60. The summed E-state index contributed by atoms with van der Waals surface area (Å²) in [6.45, 7) is 3.59. The number of rotatable bonds is 2. The van der Waals surface area contributed by atoms with Crippen LogP contribution in [0.1, 0.15) is 21.5 Å². The first-order chi connectivity index (χ1) is 6.97. The number of hydrogen-bond donors (Lipinski definition) is 2. The molecule has 5 heteroatoms. The van der Waals surface area contributed by atoms with Crippen molar-refractivity contribution in [3.8, 4) is 0 Å². The van der Waals surface area contributed by atoms with E-state index in [4.69, 9.17) is 10.0 Å². The third-order valence-electron chi connectivity index (χ3n) is 2.39. The largest absolute Gasteiger partial charge is 0.488 e. The third kappa shape index (κ3) is 2.37. The van der Waals surface area contributed by atoms with Gasteiger partial charge in [0.25, 0.3) is 0 Å². The monoisotopic (exact) mass is 208 g/mol. The average Bonchev–Trinajstić information content (AvgIpc) is 2.20. The molecule has 80 valence electrons. The second-order valence-electron chi connectivity index (χ2n) is 3.38. The molecule has 0 heterocycles. The smallest absolute Gasteiger partial charge is 0.465 e. The summed E-state index contributed by atoms with van der Waals surface area (Å²) in [5, 5.41) is 18.0. The molecule has 1 aromatic carbocycles. The first-order valence-corrected chi connectivity index (χ1v) is 4.53. The van der Waals surface area contributed by atoms with E-state index < -0.39 is 13.1 Å². The molecule has 0 unspecified atom stereocenters. The molecule has 0 atom stereocenters. The molecular weight excluding hydrogens is 195 g/mol. The normalized spacial score (nSPS) is 9.93. The van der Waals surface area contributed by atoms with E-state index in [0.29, 0.717) is 11.0 Å². The summed E-state index contributed by atoms with van der Waals surface area (Å²) in [6, 6.07) is 3.06. The Kier molecular flexibility index (Phi) is 3.50. The highest BCUT2D eigenvalue weighted by molar-refractivity contribution is 6.58. The van der Waals surface area contributed by atoms with E-state index in [1.54, 1.807) is 19.9 Å². The zero-order chi connectivity index (χ0) is 11.6. The number of hydrogen-bond acceptors (Lipinski definition) is 4. The lowest BCUT2D eigenvalue weighted by molar-refractivity contribution is 0.0600. The van der Waals surface area contributed by atoms with Gasteiger partial charge in [-0.1, -0.05) is 6.07 Å². The first kappa shape index (κ1) is 11.7. The fraction of sp³-hybridized carbons (Fsp3) is 0.300. The maximum atomic E-state index is 11.4. The van der Waals surface area contributed by atoms with Gasteiger partial charge in [-0.3, -0.25) is 0 Å². The number of aryl methyl sites for hydroxylation is 1. The van der Waals surface area contributed by atoms with Crippen LogP contribution in [0.5, 0.6) is 0 Å². The minimum atomic E-state index is -1.58. The first-order valence-electron chi connectivity index (χ1n) is 4.53. The van der Waals surface area contributed by atoms with Crippen LogP contribution >= 0.6 is 0 Å². The predicted molar refractivity (Wildman–Crippen MR) is 57.1 cm³/mol. The van der Waals surface area contributed by atoms with Crippen LogP contribution in [0.4, 0.5) is 0 Å². The Morgan fingerprint density at radius 2 is 1.93 bits per heavy atom.